The number of piperidine rings is 1. The second-order valence-electron chi connectivity index (χ2n) is 5.99. The van der Waals surface area contributed by atoms with Crippen molar-refractivity contribution >= 4 is 29.1 Å². The molecule has 1 saturated heterocycles. The number of ether oxygens (including phenoxy) is 2. The normalized spacial score (nSPS) is 21.1. The minimum Gasteiger partial charge on any atom is -0.396 e. The number of halogens is 2. The Morgan fingerprint density at radius 3 is 2.75 bits per heavy atom. The summed E-state index contributed by atoms with van der Waals surface area (Å²) in [6, 6.07) is 5.20. The van der Waals surface area contributed by atoms with Crippen molar-refractivity contribution in [1.29, 1.82) is 0 Å². The highest BCUT2D eigenvalue weighted by atomic mass is 35.5. The van der Waals surface area contributed by atoms with E-state index in [4.69, 9.17) is 32.7 Å². The van der Waals surface area contributed by atoms with Crippen LogP contribution in [0.1, 0.15) is 12.0 Å². The molecule has 24 heavy (non-hydrogen) atoms. The first-order valence-electron chi connectivity index (χ1n) is 7.96. The van der Waals surface area contributed by atoms with Crippen LogP contribution in [0.5, 0.6) is 0 Å². The molecule has 134 valence electrons. The lowest BCUT2D eigenvalue weighted by Gasteiger charge is -2.37. The molecule has 2 atom stereocenters. The fraction of sp³-hybridized carbons (Fsp3) is 0.588. The highest BCUT2D eigenvalue weighted by Gasteiger charge is 2.30. The molecule has 1 aromatic rings. The van der Waals surface area contributed by atoms with Crippen molar-refractivity contribution in [2.45, 2.75) is 18.9 Å². The number of aliphatic hydroxyl groups is 1. The summed E-state index contributed by atoms with van der Waals surface area (Å²) in [5, 5.41) is 10.4. The van der Waals surface area contributed by atoms with E-state index in [1.54, 1.807) is 30.2 Å². The maximum atomic E-state index is 12.6. The predicted molar refractivity (Wildman–Crippen MR) is 93.6 cm³/mol. The molecular weight excluding hydrogens is 353 g/mol. The van der Waals surface area contributed by atoms with Gasteiger partial charge in [-0.3, -0.25) is 4.79 Å². The van der Waals surface area contributed by atoms with E-state index < -0.39 is 0 Å². The molecule has 1 aromatic carbocycles. The average Bonchev–Trinajstić information content (AvgIpc) is 2.58. The Labute approximate surface area is 152 Å². The number of hydrogen-bond donors (Lipinski definition) is 1. The van der Waals surface area contributed by atoms with Crippen LogP contribution < -0.4 is 0 Å². The molecule has 0 radical (unpaired) electrons. The van der Waals surface area contributed by atoms with Gasteiger partial charge in [-0.1, -0.05) is 29.3 Å². The van der Waals surface area contributed by atoms with Crippen LogP contribution >= 0.6 is 23.2 Å². The summed E-state index contributed by atoms with van der Waals surface area (Å²) in [7, 11) is 1.62. The minimum atomic E-state index is -0.0798. The number of rotatable bonds is 7. The number of hydrogen-bond acceptors (Lipinski definition) is 4. The minimum absolute atomic E-state index is 0.00752. The largest absolute Gasteiger partial charge is 0.396 e. The van der Waals surface area contributed by atoms with Crippen LogP contribution in [0.15, 0.2) is 18.2 Å². The smallest absolute Gasteiger partial charge is 0.227 e. The summed E-state index contributed by atoms with van der Waals surface area (Å²) in [5.41, 5.74) is 0.817. The summed E-state index contributed by atoms with van der Waals surface area (Å²) < 4.78 is 10.7. The lowest BCUT2D eigenvalue weighted by molar-refractivity contribution is -0.137. The van der Waals surface area contributed by atoms with Gasteiger partial charge in [-0.15, -0.1) is 0 Å². The molecule has 1 fully saturated rings. The zero-order chi connectivity index (χ0) is 17.5. The van der Waals surface area contributed by atoms with Crippen molar-refractivity contribution in [2.75, 3.05) is 40.0 Å². The van der Waals surface area contributed by atoms with E-state index in [-0.39, 0.29) is 31.0 Å². The highest BCUT2D eigenvalue weighted by Crippen LogP contribution is 2.24. The summed E-state index contributed by atoms with van der Waals surface area (Å²) in [6.07, 6.45) is 0.917. The van der Waals surface area contributed by atoms with Crippen LogP contribution in [-0.2, 0) is 20.7 Å². The van der Waals surface area contributed by atoms with E-state index >= 15 is 0 Å². The number of benzene rings is 1. The van der Waals surface area contributed by atoms with Crippen LogP contribution in [0.2, 0.25) is 10.0 Å². The fourth-order valence-corrected chi connectivity index (χ4v) is 3.16. The Kier molecular flexibility index (Phi) is 7.78. The number of nitrogens with zero attached hydrogens (tertiary/aromatic N) is 1. The zero-order valence-corrected chi connectivity index (χ0v) is 15.2. The lowest BCUT2D eigenvalue weighted by Crippen LogP contribution is -2.48. The molecule has 1 amide bonds. The van der Waals surface area contributed by atoms with Gasteiger partial charge in [-0.05, 0) is 24.1 Å². The molecule has 5 nitrogen and oxygen atoms in total. The number of carbonyl (C=O) groups is 1. The monoisotopic (exact) mass is 375 g/mol. The zero-order valence-electron chi connectivity index (χ0n) is 13.7. The van der Waals surface area contributed by atoms with Gasteiger partial charge in [0.2, 0.25) is 5.91 Å². The molecule has 7 heteroatoms. The van der Waals surface area contributed by atoms with Crippen molar-refractivity contribution in [3.8, 4) is 0 Å². The number of likely N-dealkylation sites (tertiary alicyclic amines) is 1. The van der Waals surface area contributed by atoms with Crippen molar-refractivity contribution in [2.24, 2.45) is 5.92 Å². The van der Waals surface area contributed by atoms with Gasteiger partial charge in [0, 0.05) is 32.7 Å². The van der Waals surface area contributed by atoms with Crippen molar-refractivity contribution in [3.63, 3.8) is 0 Å². The van der Waals surface area contributed by atoms with Crippen LogP contribution in [0.25, 0.3) is 0 Å². The third kappa shape index (κ3) is 5.60. The second kappa shape index (κ2) is 9.59. The van der Waals surface area contributed by atoms with E-state index in [0.29, 0.717) is 36.3 Å². The molecule has 0 aromatic heterocycles. The van der Waals surface area contributed by atoms with Crippen molar-refractivity contribution in [3.05, 3.63) is 33.8 Å². The first-order valence-corrected chi connectivity index (χ1v) is 8.72. The molecule has 0 bridgehead atoms. The first kappa shape index (κ1) is 19.5. The van der Waals surface area contributed by atoms with Gasteiger partial charge < -0.3 is 19.5 Å². The molecule has 0 aliphatic carbocycles. The topological polar surface area (TPSA) is 59.0 Å². The van der Waals surface area contributed by atoms with E-state index in [9.17, 15) is 9.90 Å². The fourth-order valence-electron chi connectivity index (χ4n) is 2.84. The summed E-state index contributed by atoms with van der Waals surface area (Å²) in [5.74, 6) is 0.0240. The quantitative estimate of drug-likeness (QED) is 0.743. The molecule has 0 unspecified atom stereocenters. The van der Waals surface area contributed by atoms with Crippen LogP contribution in [0, 0.1) is 5.92 Å². The summed E-state index contributed by atoms with van der Waals surface area (Å²) in [4.78, 5) is 14.3. The molecular formula is C17H23Cl2NO4. The van der Waals surface area contributed by atoms with E-state index in [0.717, 1.165) is 12.0 Å². The van der Waals surface area contributed by atoms with Crippen molar-refractivity contribution < 1.29 is 19.4 Å². The van der Waals surface area contributed by atoms with Crippen LogP contribution in [-0.4, -0.2) is 62.0 Å². The first-order chi connectivity index (χ1) is 11.5. The number of carbonyl (C=O) groups excluding carboxylic acids is 1. The van der Waals surface area contributed by atoms with Crippen LogP contribution in [0.3, 0.4) is 0 Å². The lowest BCUT2D eigenvalue weighted by atomic mass is 9.96. The maximum absolute atomic E-state index is 12.6. The van der Waals surface area contributed by atoms with Gasteiger partial charge in [0.1, 0.15) is 0 Å². The Bertz CT molecular complexity index is 555. The van der Waals surface area contributed by atoms with E-state index in [1.165, 1.54) is 0 Å². The molecule has 1 aliphatic rings. The SMILES string of the molecule is COCCO[C@@H]1C[C@H](CO)CN(C(=O)Cc2ccc(Cl)c(Cl)c2)C1. The third-order valence-electron chi connectivity index (χ3n) is 4.09. The Balaban J connectivity index is 1.96. The molecule has 1 aliphatic heterocycles. The van der Waals surface area contributed by atoms with Crippen molar-refractivity contribution in [1.82, 2.24) is 4.90 Å². The molecule has 1 heterocycles. The van der Waals surface area contributed by atoms with Gasteiger partial charge in [0.05, 0.1) is 35.8 Å². The van der Waals surface area contributed by atoms with E-state index in [1.807, 2.05) is 0 Å². The summed E-state index contributed by atoms with van der Waals surface area (Å²) in [6.45, 7) is 2.10. The van der Waals surface area contributed by atoms with Gasteiger partial charge in [-0.25, -0.2) is 0 Å². The molecule has 2 rings (SSSR count). The standard InChI is InChI=1S/C17H23Cl2NO4/c1-23-4-5-24-14-6-13(11-21)9-20(10-14)17(22)8-12-2-3-15(18)16(19)7-12/h2-3,7,13-14,21H,4-6,8-11H2,1H3/t13-,14+/m0/s1. The Hall–Kier alpha value is -0.850. The van der Waals surface area contributed by atoms with E-state index in [2.05, 4.69) is 0 Å². The van der Waals surface area contributed by atoms with Gasteiger partial charge in [-0.2, -0.15) is 0 Å². The maximum Gasteiger partial charge on any atom is 0.227 e. The third-order valence-corrected chi connectivity index (χ3v) is 4.83. The van der Waals surface area contributed by atoms with Gasteiger partial charge in [0.15, 0.2) is 0 Å². The Morgan fingerprint density at radius 2 is 2.08 bits per heavy atom. The predicted octanol–water partition coefficient (Wildman–Crippen LogP) is 2.41. The molecule has 1 N–H and O–H groups in total. The second-order valence-corrected chi connectivity index (χ2v) is 6.81. The Morgan fingerprint density at radius 1 is 1.29 bits per heavy atom. The van der Waals surface area contributed by atoms with Gasteiger partial charge in [0.25, 0.3) is 0 Å². The average molecular weight is 376 g/mol. The highest BCUT2D eigenvalue weighted by molar-refractivity contribution is 6.42. The van der Waals surface area contributed by atoms with Crippen LogP contribution in [0.4, 0.5) is 0 Å². The summed E-state index contributed by atoms with van der Waals surface area (Å²) >= 11 is 11.9. The number of methoxy groups -OCH3 is 1. The molecule has 0 spiro atoms. The van der Waals surface area contributed by atoms with Gasteiger partial charge >= 0.3 is 0 Å². The number of aliphatic hydroxyl groups excluding tert-OH is 1. The number of amides is 1. The molecule has 0 saturated carbocycles.